The van der Waals surface area contributed by atoms with E-state index in [1.807, 2.05) is 36.1 Å². The smallest absolute Gasteiger partial charge is 0.320 e. The van der Waals surface area contributed by atoms with Gasteiger partial charge in [0, 0.05) is 12.2 Å². The van der Waals surface area contributed by atoms with Crippen molar-refractivity contribution >= 4 is 29.2 Å². The quantitative estimate of drug-likeness (QED) is 0.876. The molecule has 2 unspecified atom stereocenters. The molecule has 1 aromatic carbocycles. The molecule has 6 heteroatoms. The summed E-state index contributed by atoms with van der Waals surface area (Å²) >= 11 is 12.2. The number of hydrogen-bond donors (Lipinski definition) is 1. The van der Waals surface area contributed by atoms with E-state index in [0.717, 1.165) is 23.4 Å². The molecule has 1 saturated heterocycles. The lowest BCUT2D eigenvalue weighted by molar-refractivity contribution is -0.142. The van der Waals surface area contributed by atoms with Crippen molar-refractivity contribution in [2.24, 2.45) is 0 Å². The van der Waals surface area contributed by atoms with Gasteiger partial charge in [-0.3, -0.25) is 14.7 Å². The Morgan fingerprint density at radius 3 is 2.75 bits per heavy atom. The number of hydrogen-bond acceptors (Lipinski definition) is 3. The molecule has 126 valence electrons. The number of carboxylic acids is 1. The number of aromatic nitrogens is 1. The van der Waals surface area contributed by atoms with Crippen LogP contribution in [0.3, 0.4) is 0 Å². The van der Waals surface area contributed by atoms with Crippen LogP contribution in [0.4, 0.5) is 0 Å². The number of pyridine rings is 1. The normalized spacial score (nSPS) is 19.4. The molecule has 1 aliphatic heterocycles. The van der Waals surface area contributed by atoms with Crippen LogP contribution in [0.2, 0.25) is 10.0 Å². The van der Waals surface area contributed by atoms with E-state index in [0.29, 0.717) is 23.0 Å². The Balaban J connectivity index is 2.10. The summed E-state index contributed by atoms with van der Waals surface area (Å²) in [5.41, 5.74) is 2.61. The number of halogens is 2. The molecular formula is C18H18Cl2N2O2. The monoisotopic (exact) mass is 364 g/mol. The first-order chi connectivity index (χ1) is 11.5. The fraction of sp³-hybridized carbons (Fsp3) is 0.333. The van der Waals surface area contributed by atoms with Crippen molar-refractivity contribution in [2.45, 2.75) is 31.8 Å². The first kappa shape index (κ1) is 17.2. The molecule has 0 aliphatic carbocycles. The highest BCUT2D eigenvalue weighted by Gasteiger charge is 2.37. The zero-order valence-electron chi connectivity index (χ0n) is 13.2. The summed E-state index contributed by atoms with van der Waals surface area (Å²) < 4.78 is 0. The van der Waals surface area contributed by atoms with Crippen LogP contribution in [-0.4, -0.2) is 33.5 Å². The molecule has 2 aromatic rings. The highest BCUT2D eigenvalue weighted by Crippen LogP contribution is 2.36. The van der Waals surface area contributed by atoms with Gasteiger partial charge in [0.15, 0.2) is 0 Å². The van der Waals surface area contributed by atoms with Crippen LogP contribution in [0, 0.1) is 6.92 Å². The minimum atomic E-state index is -0.801. The van der Waals surface area contributed by atoms with E-state index in [1.165, 1.54) is 0 Å². The summed E-state index contributed by atoms with van der Waals surface area (Å²) in [5.74, 6) is -0.801. The van der Waals surface area contributed by atoms with Gasteiger partial charge in [-0.05, 0) is 49.6 Å². The van der Waals surface area contributed by atoms with Crippen molar-refractivity contribution in [3.05, 3.63) is 63.4 Å². The Morgan fingerprint density at radius 1 is 1.29 bits per heavy atom. The fourth-order valence-corrected chi connectivity index (χ4v) is 3.60. The summed E-state index contributed by atoms with van der Waals surface area (Å²) in [6.07, 6.45) is 1.49. The van der Waals surface area contributed by atoms with E-state index in [1.54, 1.807) is 12.1 Å². The molecule has 0 saturated carbocycles. The minimum Gasteiger partial charge on any atom is -0.480 e. The molecule has 4 nitrogen and oxygen atoms in total. The second kappa shape index (κ2) is 7.09. The van der Waals surface area contributed by atoms with E-state index in [-0.39, 0.29) is 6.04 Å². The topological polar surface area (TPSA) is 53.4 Å². The van der Waals surface area contributed by atoms with Crippen LogP contribution in [-0.2, 0) is 4.79 Å². The number of rotatable bonds is 4. The number of nitrogens with zero attached hydrogens (tertiary/aromatic N) is 2. The molecule has 1 fully saturated rings. The van der Waals surface area contributed by atoms with Gasteiger partial charge in [-0.2, -0.15) is 0 Å². The van der Waals surface area contributed by atoms with E-state index >= 15 is 0 Å². The van der Waals surface area contributed by atoms with Crippen molar-refractivity contribution < 1.29 is 9.90 Å². The summed E-state index contributed by atoms with van der Waals surface area (Å²) in [7, 11) is 0. The lowest BCUT2D eigenvalue weighted by Gasteiger charge is -2.31. The maximum Gasteiger partial charge on any atom is 0.320 e. The van der Waals surface area contributed by atoms with E-state index < -0.39 is 12.0 Å². The fourth-order valence-electron chi connectivity index (χ4n) is 3.29. The molecule has 1 aromatic heterocycles. The highest BCUT2D eigenvalue weighted by atomic mass is 35.5. The predicted molar refractivity (Wildman–Crippen MR) is 94.6 cm³/mol. The van der Waals surface area contributed by atoms with Gasteiger partial charge in [0.2, 0.25) is 0 Å². The Bertz CT molecular complexity index is 766. The van der Waals surface area contributed by atoms with Crippen molar-refractivity contribution in [3.63, 3.8) is 0 Å². The first-order valence-corrected chi connectivity index (χ1v) is 8.60. The van der Waals surface area contributed by atoms with Gasteiger partial charge in [-0.1, -0.05) is 35.3 Å². The Labute approximate surface area is 151 Å². The molecule has 0 bridgehead atoms. The van der Waals surface area contributed by atoms with Crippen LogP contribution < -0.4 is 0 Å². The third-order valence-corrected chi connectivity index (χ3v) is 5.10. The second-order valence-electron chi connectivity index (χ2n) is 6.01. The predicted octanol–water partition coefficient (Wildman–Crippen LogP) is 4.34. The molecule has 2 heterocycles. The molecule has 0 spiro atoms. The highest BCUT2D eigenvalue weighted by molar-refractivity contribution is 6.42. The molecule has 0 amide bonds. The van der Waals surface area contributed by atoms with Crippen LogP contribution in [0.5, 0.6) is 0 Å². The van der Waals surface area contributed by atoms with Crippen LogP contribution in [0.15, 0.2) is 36.4 Å². The Morgan fingerprint density at radius 2 is 2.08 bits per heavy atom. The largest absolute Gasteiger partial charge is 0.480 e. The van der Waals surface area contributed by atoms with Gasteiger partial charge in [0.25, 0.3) is 0 Å². The standard InChI is InChI=1S/C18H18Cl2N2O2/c1-11-4-2-5-15(21-11)17(12-7-8-13(19)14(20)10-12)22-9-3-6-16(22)18(23)24/h2,4-5,7-8,10,16-17H,3,6,9H2,1H3,(H,23,24). The third-order valence-electron chi connectivity index (χ3n) is 4.36. The molecule has 0 radical (unpaired) electrons. The summed E-state index contributed by atoms with van der Waals surface area (Å²) in [6, 6.07) is 10.4. The number of likely N-dealkylation sites (tertiary alicyclic amines) is 1. The van der Waals surface area contributed by atoms with E-state index in [4.69, 9.17) is 23.2 Å². The first-order valence-electron chi connectivity index (χ1n) is 7.84. The maximum absolute atomic E-state index is 11.7. The van der Waals surface area contributed by atoms with Gasteiger partial charge >= 0.3 is 5.97 Å². The lowest BCUT2D eigenvalue weighted by Crippen LogP contribution is -2.39. The average Bonchev–Trinajstić information content (AvgIpc) is 3.01. The summed E-state index contributed by atoms with van der Waals surface area (Å²) in [5, 5.41) is 10.5. The van der Waals surface area contributed by atoms with Gasteiger partial charge < -0.3 is 5.11 Å². The number of aliphatic carboxylic acids is 1. The molecular weight excluding hydrogens is 347 g/mol. The number of benzene rings is 1. The maximum atomic E-state index is 11.7. The van der Waals surface area contributed by atoms with Crippen molar-refractivity contribution in [1.29, 1.82) is 0 Å². The molecule has 1 aliphatic rings. The second-order valence-corrected chi connectivity index (χ2v) is 6.83. The van der Waals surface area contributed by atoms with Gasteiger partial charge in [0.05, 0.1) is 21.8 Å². The molecule has 2 atom stereocenters. The van der Waals surface area contributed by atoms with E-state index in [2.05, 4.69) is 4.98 Å². The van der Waals surface area contributed by atoms with Crippen LogP contribution in [0.1, 0.15) is 35.8 Å². The number of aryl methyl sites for hydroxylation is 1. The van der Waals surface area contributed by atoms with Crippen molar-refractivity contribution in [1.82, 2.24) is 9.88 Å². The summed E-state index contributed by atoms with van der Waals surface area (Å²) in [4.78, 5) is 18.3. The molecule has 3 rings (SSSR count). The van der Waals surface area contributed by atoms with Crippen LogP contribution in [0.25, 0.3) is 0 Å². The number of carboxylic acid groups (broad SMARTS) is 1. The Kier molecular flexibility index (Phi) is 5.09. The molecule has 1 N–H and O–H groups in total. The van der Waals surface area contributed by atoms with Crippen LogP contribution >= 0.6 is 23.2 Å². The SMILES string of the molecule is Cc1cccc(C(c2ccc(Cl)c(Cl)c2)N2CCCC2C(=O)O)n1. The molecule has 24 heavy (non-hydrogen) atoms. The zero-order valence-corrected chi connectivity index (χ0v) is 14.8. The van der Waals surface area contributed by atoms with Crippen molar-refractivity contribution in [2.75, 3.05) is 6.54 Å². The summed E-state index contributed by atoms with van der Waals surface area (Å²) in [6.45, 7) is 2.63. The van der Waals surface area contributed by atoms with Gasteiger partial charge in [0.1, 0.15) is 6.04 Å². The minimum absolute atomic E-state index is 0.261. The number of carbonyl (C=O) groups is 1. The Hall–Kier alpha value is -1.62. The van der Waals surface area contributed by atoms with E-state index in [9.17, 15) is 9.90 Å². The van der Waals surface area contributed by atoms with Gasteiger partial charge in [-0.25, -0.2) is 0 Å². The average molecular weight is 365 g/mol. The zero-order chi connectivity index (χ0) is 17.3. The lowest BCUT2D eigenvalue weighted by atomic mass is 10.00. The third kappa shape index (κ3) is 3.41. The van der Waals surface area contributed by atoms with Gasteiger partial charge in [-0.15, -0.1) is 0 Å². The van der Waals surface area contributed by atoms with Crippen molar-refractivity contribution in [3.8, 4) is 0 Å².